The molecule has 3 aromatic rings. The molecule has 2 N–H and O–H groups in total. The Balaban J connectivity index is 1.65. The van der Waals surface area contributed by atoms with Gasteiger partial charge < -0.3 is 9.73 Å². The van der Waals surface area contributed by atoms with Crippen molar-refractivity contribution in [1.82, 2.24) is 15.2 Å². The van der Waals surface area contributed by atoms with Gasteiger partial charge in [0.1, 0.15) is 4.88 Å². The number of carbonyl (C=O) groups is 1. The van der Waals surface area contributed by atoms with Crippen LogP contribution in [0, 0.1) is 13.8 Å². The van der Waals surface area contributed by atoms with E-state index in [1.165, 1.54) is 11.3 Å². The highest BCUT2D eigenvalue weighted by Crippen LogP contribution is 2.30. The molecule has 0 aliphatic carbocycles. The smallest absolute Gasteiger partial charge is 0.402 e. The van der Waals surface area contributed by atoms with E-state index in [1.54, 1.807) is 6.92 Å². The molecule has 0 unspecified atom stereocenters. The second-order valence-electron chi connectivity index (χ2n) is 5.21. The number of aryl methyl sites for hydroxylation is 2. The first-order valence-corrected chi connectivity index (χ1v) is 8.07. The molecule has 0 spiro atoms. The molecule has 2 amide bonds. The van der Waals surface area contributed by atoms with E-state index in [0.717, 1.165) is 35.0 Å². The van der Waals surface area contributed by atoms with Crippen molar-refractivity contribution in [2.24, 2.45) is 0 Å². The lowest BCUT2D eigenvalue weighted by atomic mass is 10.2. The van der Waals surface area contributed by atoms with E-state index >= 15 is 0 Å². The van der Waals surface area contributed by atoms with E-state index in [9.17, 15) is 18.0 Å². The summed E-state index contributed by atoms with van der Waals surface area (Å²) in [5, 5.41) is 13.1. The number of aromatic nitrogens is 3. The van der Waals surface area contributed by atoms with Crippen LogP contribution in [-0.2, 0) is 6.18 Å². The fourth-order valence-electron chi connectivity index (χ4n) is 2.10. The van der Waals surface area contributed by atoms with Gasteiger partial charge in [0, 0.05) is 5.69 Å². The summed E-state index contributed by atoms with van der Waals surface area (Å²) in [7, 11) is 0. The lowest BCUT2D eigenvalue weighted by Gasteiger charge is -2.08. The van der Waals surface area contributed by atoms with Gasteiger partial charge in [-0.1, -0.05) is 5.10 Å². The fourth-order valence-corrected chi connectivity index (χ4v) is 2.94. The van der Waals surface area contributed by atoms with Crippen molar-refractivity contribution in [3.63, 3.8) is 0 Å². The standard InChI is InChI=1S/C15H12F3N5O2S/c1-7-11(26-8(2)19-7)12-22-23-14(25-12)21-13(24)20-10-5-3-9(4-6-10)15(16,17)18/h3-6H,1-2H3,(H2,20,21,23,24). The highest BCUT2D eigenvalue weighted by Gasteiger charge is 2.30. The van der Waals surface area contributed by atoms with Crippen LogP contribution in [0.1, 0.15) is 16.3 Å². The molecule has 26 heavy (non-hydrogen) atoms. The number of amides is 2. The van der Waals surface area contributed by atoms with Gasteiger partial charge >= 0.3 is 18.2 Å². The zero-order valence-corrected chi connectivity index (χ0v) is 14.3. The Morgan fingerprint density at radius 3 is 2.38 bits per heavy atom. The maximum atomic E-state index is 12.5. The SMILES string of the molecule is Cc1nc(C)c(-c2nnc(NC(=O)Nc3ccc(C(F)(F)F)cc3)o2)s1. The van der Waals surface area contributed by atoms with Crippen molar-refractivity contribution < 1.29 is 22.4 Å². The molecule has 0 aliphatic heterocycles. The van der Waals surface area contributed by atoms with Crippen LogP contribution in [0.25, 0.3) is 10.8 Å². The van der Waals surface area contributed by atoms with E-state index in [4.69, 9.17) is 4.42 Å². The zero-order valence-electron chi connectivity index (χ0n) is 13.5. The summed E-state index contributed by atoms with van der Waals surface area (Å²) >= 11 is 1.38. The molecule has 7 nitrogen and oxygen atoms in total. The number of urea groups is 1. The first kappa shape index (κ1) is 17.9. The lowest BCUT2D eigenvalue weighted by molar-refractivity contribution is -0.137. The van der Waals surface area contributed by atoms with Crippen LogP contribution >= 0.6 is 11.3 Å². The number of carbonyl (C=O) groups excluding carboxylic acids is 1. The summed E-state index contributed by atoms with van der Waals surface area (Å²) in [6, 6.07) is 3.16. The highest BCUT2D eigenvalue weighted by molar-refractivity contribution is 7.15. The normalized spacial score (nSPS) is 11.4. The average molecular weight is 383 g/mol. The van der Waals surface area contributed by atoms with Crippen molar-refractivity contribution in [1.29, 1.82) is 0 Å². The van der Waals surface area contributed by atoms with E-state index < -0.39 is 17.8 Å². The molecule has 2 aromatic heterocycles. The minimum absolute atomic E-state index is 0.144. The number of anilines is 2. The van der Waals surface area contributed by atoms with Crippen LogP contribution in [0.5, 0.6) is 0 Å². The quantitative estimate of drug-likeness (QED) is 0.696. The number of alkyl halides is 3. The summed E-state index contributed by atoms with van der Waals surface area (Å²) < 4.78 is 42.9. The van der Waals surface area contributed by atoms with Crippen LogP contribution in [0.2, 0.25) is 0 Å². The average Bonchev–Trinajstić information content (AvgIpc) is 3.12. The van der Waals surface area contributed by atoms with E-state index in [-0.39, 0.29) is 17.6 Å². The van der Waals surface area contributed by atoms with Gasteiger partial charge in [-0.05, 0) is 38.1 Å². The van der Waals surface area contributed by atoms with E-state index in [1.807, 2.05) is 6.92 Å². The zero-order chi connectivity index (χ0) is 18.9. The molecule has 136 valence electrons. The monoisotopic (exact) mass is 383 g/mol. The Hall–Kier alpha value is -2.95. The maximum Gasteiger partial charge on any atom is 0.416 e. The third-order valence-corrected chi connectivity index (χ3v) is 4.27. The molecule has 11 heteroatoms. The van der Waals surface area contributed by atoms with Crippen LogP contribution in [0.15, 0.2) is 28.7 Å². The lowest BCUT2D eigenvalue weighted by Crippen LogP contribution is -2.19. The number of hydrogen-bond acceptors (Lipinski definition) is 6. The molecule has 0 aliphatic rings. The summed E-state index contributed by atoms with van der Waals surface area (Å²) in [5.74, 6) is 0.220. The second-order valence-corrected chi connectivity index (χ2v) is 6.42. The molecule has 0 saturated heterocycles. The van der Waals surface area contributed by atoms with Gasteiger partial charge in [-0.25, -0.2) is 9.78 Å². The van der Waals surface area contributed by atoms with E-state index in [2.05, 4.69) is 25.8 Å². The van der Waals surface area contributed by atoms with Gasteiger partial charge in [0.25, 0.3) is 5.89 Å². The Morgan fingerprint density at radius 2 is 1.81 bits per heavy atom. The van der Waals surface area contributed by atoms with Gasteiger partial charge in [0.15, 0.2) is 0 Å². The second kappa shape index (κ2) is 6.75. The van der Waals surface area contributed by atoms with Gasteiger partial charge in [-0.2, -0.15) is 13.2 Å². The van der Waals surface area contributed by atoms with Crippen molar-refractivity contribution in [2.45, 2.75) is 20.0 Å². The van der Waals surface area contributed by atoms with Crippen LogP contribution in [0.4, 0.5) is 29.7 Å². The molecule has 0 atom stereocenters. The molecule has 0 fully saturated rings. The molecule has 2 heterocycles. The Bertz CT molecular complexity index is 934. The van der Waals surface area contributed by atoms with Gasteiger partial charge in [0.2, 0.25) is 0 Å². The minimum atomic E-state index is -4.44. The number of halogens is 3. The highest BCUT2D eigenvalue weighted by atomic mass is 32.1. The molecule has 0 radical (unpaired) electrons. The Morgan fingerprint density at radius 1 is 1.12 bits per heavy atom. The largest absolute Gasteiger partial charge is 0.416 e. The van der Waals surface area contributed by atoms with Gasteiger partial charge in [-0.15, -0.1) is 16.4 Å². The summed E-state index contributed by atoms with van der Waals surface area (Å²) in [6.45, 7) is 3.64. The fraction of sp³-hybridized carbons (Fsp3) is 0.200. The van der Waals surface area contributed by atoms with Crippen molar-refractivity contribution in [3.05, 3.63) is 40.5 Å². The number of rotatable bonds is 3. The van der Waals surface area contributed by atoms with Crippen molar-refractivity contribution in [2.75, 3.05) is 10.6 Å². The third kappa shape index (κ3) is 3.99. The maximum absolute atomic E-state index is 12.5. The molecular formula is C15H12F3N5O2S. The number of benzene rings is 1. The number of nitrogens with one attached hydrogen (secondary N) is 2. The summed E-state index contributed by atoms with van der Waals surface area (Å²) in [6.07, 6.45) is -4.44. The summed E-state index contributed by atoms with van der Waals surface area (Å²) in [4.78, 5) is 16.8. The number of thiazole rings is 1. The van der Waals surface area contributed by atoms with E-state index in [0.29, 0.717) is 4.88 Å². The van der Waals surface area contributed by atoms with Crippen molar-refractivity contribution in [3.8, 4) is 10.8 Å². The van der Waals surface area contributed by atoms with Crippen LogP contribution < -0.4 is 10.6 Å². The van der Waals surface area contributed by atoms with Crippen LogP contribution in [-0.4, -0.2) is 21.2 Å². The molecule has 0 bridgehead atoms. The van der Waals surface area contributed by atoms with Crippen molar-refractivity contribution >= 4 is 29.1 Å². The molecule has 3 rings (SSSR count). The first-order valence-electron chi connectivity index (χ1n) is 7.25. The minimum Gasteiger partial charge on any atom is -0.402 e. The van der Waals surface area contributed by atoms with Gasteiger partial charge in [-0.3, -0.25) is 5.32 Å². The summed E-state index contributed by atoms with van der Waals surface area (Å²) in [5.41, 5.74) is 0.112. The topological polar surface area (TPSA) is 92.9 Å². The predicted molar refractivity (Wildman–Crippen MR) is 89.0 cm³/mol. The molecular weight excluding hydrogens is 371 g/mol. The Kier molecular flexibility index (Phi) is 4.64. The Labute approximate surface area is 149 Å². The number of nitrogens with zero attached hydrogens (tertiary/aromatic N) is 3. The molecule has 1 aromatic carbocycles. The third-order valence-electron chi connectivity index (χ3n) is 3.21. The first-order chi connectivity index (χ1) is 12.2. The van der Waals surface area contributed by atoms with Crippen LogP contribution in [0.3, 0.4) is 0 Å². The number of hydrogen-bond donors (Lipinski definition) is 2. The predicted octanol–water partition coefficient (Wildman–Crippen LogP) is 4.47. The molecule has 0 saturated carbocycles. The van der Waals surface area contributed by atoms with Gasteiger partial charge in [0.05, 0.1) is 16.3 Å².